The summed E-state index contributed by atoms with van der Waals surface area (Å²) in [5.41, 5.74) is 6.31. The minimum absolute atomic E-state index is 0.117. The second kappa shape index (κ2) is 5.95. The van der Waals surface area contributed by atoms with Gasteiger partial charge in [-0.05, 0) is 5.56 Å². The number of rotatable bonds is 4. The first-order chi connectivity index (χ1) is 11.3. The van der Waals surface area contributed by atoms with Gasteiger partial charge in [0, 0.05) is 12.0 Å². The van der Waals surface area contributed by atoms with Gasteiger partial charge in [-0.15, -0.1) is 0 Å². The molecule has 1 aromatic carbocycles. The van der Waals surface area contributed by atoms with Gasteiger partial charge >= 0.3 is 12.1 Å². The van der Waals surface area contributed by atoms with Crippen molar-refractivity contribution in [3.8, 4) is 11.4 Å². The van der Waals surface area contributed by atoms with Crippen LogP contribution in [-0.4, -0.2) is 34.6 Å². The maximum Gasteiger partial charge on any atom is 0.471 e. The molecule has 2 aromatic rings. The lowest BCUT2D eigenvalue weighted by atomic mass is 10.1. The summed E-state index contributed by atoms with van der Waals surface area (Å²) in [6.07, 6.45) is -4.34. The van der Waals surface area contributed by atoms with Gasteiger partial charge in [0.2, 0.25) is 11.7 Å². The number of aromatic nitrogens is 2. The lowest BCUT2D eigenvalue weighted by Gasteiger charge is -2.02. The third kappa shape index (κ3) is 3.36. The SMILES string of the molecule is NC(=O)C1COC(Cc2ccc(-c3noc(C(F)(F)F)n3)cc2)=N1. The molecule has 0 saturated heterocycles. The second-order valence-electron chi connectivity index (χ2n) is 5.05. The molecule has 0 fully saturated rings. The lowest BCUT2D eigenvalue weighted by Crippen LogP contribution is -2.27. The van der Waals surface area contributed by atoms with Gasteiger partial charge in [0.25, 0.3) is 0 Å². The topological polar surface area (TPSA) is 104 Å². The molecule has 3 rings (SSSR count). The number of primary amides is 1. The Morgan fingerprint density at radius 1 is 1.29 bits per heavy atom. The first-order valence-corrected chi connectivity index (χ1v) is 6.82. The van der Waals surface area contributed by atoms with E-state index in [1.807, 2.05) is 0 Å². The van der Waals surface area contributed by atoms with E-state index in [1.165, 1.54) is 0 Å². The zero-order valence-corrected chi connectivity index (χ0v) is 12.1. The third-order valence-electron chi connectivity index (χ3n) is 3.27. The molecule has 0 radical (unpaired) electrons. The van der Waals surface area contributed by atoms with Crippen LogP contribution in [0.4, 0.5) is 13.2 Å². The summed E-state index contributed by atoms with van der Waals surface area (Å²) in [6.45, 7) is 0.117. The van der Waals surface area contributed by atoms with Crippen molar-refractivity contribution in [1.82, 2.24) is 10.1 Å². The summed E-state index contributed by atoms with van der Waals surface area (Å²) >= 11 is 0. The van der Waals surface area contributed by atoms with E-state index in [-0.39, 0.29) is 12.4 Å². The van der Waals surface area contributed by atoms with Crippen LogP contribution in [0.5, 0.6) is 0 Å². The summed E-state index contributed by atoms with van der Waals surface area (Å²) in [5.74, 6) is -1.73. The van der Waals surface area contributed by atoms with Crippen LogP contribution < -0.4 is 5.73 Å². The highest BCUT2D eigenvalue weighted by molar-refractivity contribution is 5.88. The minimum Gasteiger partial charge on any atom is -0.478 e. The van der Waals surface area contributed by atoms with Crippen molar-refractivity contribution in [1.29, 1.82) is 0 Å². The maximum atomic E-state index is 12.4. The van der Waals surface area contributed by atoms with Gasteiger partial charge in [-0.3, -0.25) is 4.79 Å². The quantitative estimate of drug-likeness (QED) is 0.910. The second-order valence-corrected chi connectivity index (χ2v) is 5.05. The van der Waals surface area contributed by atoms with Crippen molar-refractivity contribution in [2.75, 3.05) is 6.61 Å². The molecule has 0 bridgehead atoms. The summed E-state index contributed by atoms with van der Waals surface area (Å²) in [4.78, 5) is 18.4. The molecule has 1 amide bonds. The van der Waals surface area contributed by atoms with E-state index in [0.717, 1.165) is 5.56 Å². The van der Waals surface area contributed by atoms with E-state index < -0.39 is 24.0 Å². The molecule has 0 saturated carbocycles. The lowest BCUT2D eigenvalue weighted by molar-refractivity contribution is -0.159. The van der Waals surface area contributed by atoms with Crippen molar-refractivity contribution in [2.24, 2.45) is 10.7 Å². The largest absolute Gasteiger partial charge is 0.478 e. The molecule has 126 valence electrons. The molecule has 0 aliphatic carbocycles. The number of nitrogens with zero attached hydrogens (tertiary/aromatic N) is 3. The number of ether oxygens (including phenoxy) is 1. The number of alkyl halides is 3. The van der Waals surface area contributed by atoms with Crippen molar-refractivity contribution in [3.05, 3.63) is 35.7 Å². The molecule has 10 heteroatoms. The highest BCUT2D eigenvalue weighted by Crippen LogP contribution is 2.29. The Kier molecular flexibility index (Phi) is 3.96. The van der Waals surface area contributed by atoms with E-state index in [1.54, 1.807) is 24.3 Å². The first kappa shape index (κ1) is 16.0. The van der Waals surface area contributed by atoms with Crippen LogP contribution in [0.3, 0.4) is 0 Å². The van der Waals surface area contributed by atoms with E-state index in [9.17, 15) is 18.0 Å². The monoisotopic (exact) mass is 340 g/mol. The maximum absolute atomic E-state index is 12.4. The zero-order chi connectivity index (χ0) is 17.3. The Bertz CT molecular complexity index is 783. The van der Waals surface area contributed by atoms with Crippen molar-refractivity contribution in [2.45, 2.75) is 18.6 Å². The number of amides is 1. The molecule has 1 aromatic heterocycles. The van der Waals surface area contributed by atoms with E-state index in [4.69, 9.17) is 10.5 Å². The smallest absolute Gasteiger partial charge is 0.471 e. The van der Waals surface area contributed by atoms with Gasteiger partial charge in [-0.1, -0.05) is 29.4 Å². The van der Waals surface area contributed by atoms with Crippen LogP contribution in [-0.2, 0) is 22.1 Å². The fourth-order valence-electron chi connectivity index (χ4n) is 2.07. The van der Waals surface area contributed by atoms with Gasteiger partial charge in [0.15, 0.2) is 11.9 Å². The molecule has 2 heterocycles. The minimum atomic E-state index is -4.68. The summed E-state index contributed by atoms with van der Waals surface area (Å²) in [5, 5.41) is 3.31. The average Bonchev–Trinajstić information content (AvgIpc) is 3.16. The number of nitrogens with two attached hydrogens (primary N) is 1. The van der Waals surface area contributed by atoms with Gasteiger partial charge in [-0.2, -0.15) is 18.2 Å². The number of benzene rings is 1. The number of aliphatic imine (C=N–C) groups is 1. The van der Waals surface area contributed by atoms with Gasteiger partial charge in [0.1, 0.15) is 6.61 Å². The summed E-state index contributed by atoms with van der Waals surface area (Å²) < 4.78 is 46.8. The molecule has 1 atom stereocenters. The Hall–Kier alpha value is -2.91. The molecule has 24 heavy (non-hydrogen) atoms. The number of hydrogen-bond acceptors (Lipinski definition) is 6. The van der Waals surface area contributed by atoms with Crippen LogP contribution >= 0.6 is 0 Å². The molecule has 0 spiro atoms. The molecular weight excluding hydrogens is 329 g/mol. The Morgan fingerprint density at radius 2 is 2.00 bits per heavy atom. The average molecular weight is 340 g/mol. The van der Waals surface area contributed by atoms with Crippen molar-refractivity contribution < 1.29 is 27.2 Å². The summed E-state index contributed by atoms with van der Waals surface area (Å²) in [6, 6.07) is 5.77. The van der Waals surface area contributed by atoms with Crippen molar-refractivity contribution >= 4 is 11.8 Å². The zero-order valence-electron chi connectivity index (χ0n) is 12.1. The molecular formula is C14H11F3N4O3. The highest BCUT2D eigenvalue weighted by atomic mass is 19.4. The number of hydrogen-bond donors (Lipinski definition) is 1. The molecule has 1 unspecified atom stereocenters. The predicted octanol–water partition coefficient (Wildman–Crippen LogP) is 1.58. The van der Waals surface area contributed by atoms with Crippen LogP contribution in [0.25, 0.3) is 11.4 Å². The normalized spacial score (nSPS) is 17.5. The fourth-order valence-corrected chi connectivity index (χ4v) is 2.07. The highest BCUT2D eigenvalue weighted by Gasteiger charge is 2.38. The summed E-state index contributed by atoms with van der Waals surface area (Å²) in [7, 11) is 0. The Labute approximate surface area is 133 Å². The van der Waals surface area contributed by atoms with E-state index in [2.05, 4.69) is 19.7 Å². The first-order valence-electron chi connectivity index (χ1n) is 6.82. The van der Waals surface area contributed by atoms with E-state index >= 15 is 0 Å². The van der Waals surface area contributed by atoms with Gasteiger partial charge in [0.05, 0.1) is 0 Å². The predicted molar refractivity (Wildman–Crippen MR) is 74.8 cm³/mol. The number of carbonyl (C=O) groups excluding carboxylic acids is 1. The Balaban J connectivity index is 1.71. The molecule has 1 aliphatic heterocycles. The van der Waals surface area contributed by atoms with Crippen LogP contribution in [0, 0.1) is 0 Å². The number of halogens is 3. The molecule has 1 aliphatic rings. The molecule has 2 N–H and O–H groups in total. The van der Waals surface area contributed by atoms with Crippen LogP contribution in [0.15, 0.2) is 33.8 Å². The van der Waals surface area contributed by atoms with Gasteiger partial charge in [-0.25, -0.2) is 4.99 Å². The fraction of sp³-hybridized carbons (Fsp3) is 0.286. The van der Waals surface area contributed by atoms with Crippen LogP contribution in [0.2, 0.25) is 0 Å². The third-order valence-corrected chi connectivity index (χ3v) is 3.27. The molecule has 7 nitrogen and oxygen atoms in total. The van der Waals surface area contributed by atoms with Gasteiger partial charge < -0.3 is 15.0 Å². The number of carbonyl (C=O) groups is 1. The van der Waals surface area contributed by atoms with E-state index in [0.29, 0.717) is 17.9 Å². The van der Waals surface area contributed by atoms with Crippen molar-refractivity contribution in [3.63, 3.8) is 0 Å². The standard InChI is InChI=1S/C14H11F3N4O3/c15-14(16,17)13-20-12(21-24-13)8-3-1-7(2-4-8)5-10-19-9(6-23-10)11(18)22/h1-4,9H,5-6H2,(H2,18,22). The van der Waals surface area contributed by atoms with Crippen LogP contribution in [0.1, 0.15) is 11.5 Å². The Morgan fingerprint density at radius 3 is 2.54 bits per heavy atom.